The van der Waals surface area contributed by atoms with Crippen molar-refractivity contribution in [1.29, 1.82) is 0 Å². The zero-order valence-electron chi connectivity index (χ0n) is 21.9. The molecule has 10 aliphatic heterocycles. The molecule has 3 heteroatoms. The molecule has 10 heterocycles. The van der Waals surface area contributed by atoms with Crippen molar-refractivity contribution >= 4 is 15.8 Å². The van der Waals surface area contributed by atoms with E-state index in [1.54, 1.807) is 141 Å². The molecule has 4 atom stereocenters. The number of fused-ring (bicyclic) bond motifs is 10. The Kier molecular flexibility index (Phi) is 1.59. The van der Waals surface area contributed by atoms with Gasteiger partial charge in [0.15, 0.2) is 0 Å². The van der Waals surface area contributed by atoms with E-state index in [0.717, 1.165) is 0 Å². The summed E-state index contributed by atoms with van der Waals surface area (Å²) < 4.78 is 2.42. The van der Waals surface area contributed by atoms with Gasteiger partial charge in [0, 0.05) is 0 Å². The van der Waals surface area contributed by atoms with Crippen molar-refractivity contribution in [1.82, 2.24) is 0 Å². The summed E-state index contributed by atoms with van der Waals surface area (Å²) in [5.41, 5.74) is 5.04. The van der Waals surface area contributed by atoms with Gasteiger partial charge in [-0.15, -0.1) is 0 Å². The van der Waals surface area contributed by atoms with Gasteiger partial charge in [-0.05, 0) is 0 Å². The molecule has 0 aromatic carbocycles. The van der Waals surface area contributed by atoms with E-state index in [-0.39, 0.29) is 0 Å². The predicted octanol–water partition coefficient (Wildman–Crippen LogP) is 10.9. The van der Waals surface area contributed by atoms with E-state index in [0.29, 0.717) is 15.8 Å². The topological polar surface area (TPSA) is 0 Å². The second-order valence-corrected chi connectivity index (χ2v) is 48.2. The van der Waals surface area contributed by atoms with E-state index in [9.17, 15) is 0 Å². The van der Waals surface area contributed by atoms with E-state index >= 15 is 0 Å². The molecule has 194 valence electrons. The van der Waals surface area contributed by atoms with Crippen molar-refractivity contribution < 1.29 is 6.51 Å². The summed E-state index contributed by atoms with van der Waals surface area (Å²) in [6, 6.07) is 0. The molecule has 4 aliphatic carbocycles. The minimum atomic E-state index is -3.23. The first-order valence-corrected chi connectivity index (χ1v) is 26.3. The Balaban J connectivity index is 0.959. The van der Waals surface area contributed by atoms with Crippen molar-refractivity contribution in [2.75, 3.05) is 12.3 Å². The van der Waals surface area contributed by atoms with Crippen LogP contribution in [0.1, 0.15) is 103 Å². The van der Waals surface area contributed by atoms with E-state index in [1.807, 2.05) is 12.3 Å². The van der Waals surface area contributed by atoms with Crippen LogP contribution in [0.3, 0.4) is 0 Å². The van der Waals surface area contributed by atoms with E-state index in [1.165, 1.54) is 31.3 Å². The predicted molar refractivity (Wildman–Crippen MR) is 148 cm³/mol. The van der Waals surface area contributed by atoms with Crippen LogP contribution in [0.5, 0.6) is 0 Å². The quantitative estimate of drug-likeness (QED) is 0.208. The number of hydrogen-bond donors (Lipinski definition) is 0. The van der Waals surface area contributed by atoms with Crippen molar-refractivity contribution in [3.8, 4) is 0 Å². The summed E-state index contributed by atoms with van der Waals surface area (Å²) in [5, 5.41) is 0. The molecule has 0 bridgehead atoms. The first-order valence-electron chi connectivity index (χ1n) is 16.8. The molecule has 0 N–H and O–H groups in total. The molecule has 0 amide bonds. The zero-order chi connectivity index (χ0) is 22.1. The fraction of sp³-hybridized carbons (Fsp3) is 1.00. The summed E-state index contributed by atoms with van der Waals surface area (Å²) >= 11 is 0. The van der Waals surface area contributed by atoms with Crippen LogP contribution in [0.15, 0.2) is 0 Å². The van der Waals surface area contributed by atoms with Crippen LogP contribution >= 0.6 is 15.8 Å². The van der Waals surface area contributed by atoms with Crippen LogP contribution in [0, 0.1) is 0 Å². The SMILES string of the molecule is C1CCC(P(C[C]23[CH]4[CH]5[CH]6[C]2(CP(C2CCCC2)C2CCCC2)[Fe]54632789[CH]3[CH]2[CH]7[CH]8[CH]39)C2CCCC2)C1. The Morgan fingerprint density at radius 2 is 0.714 bits per heavy atom. The molecule has 4 saturated carbocycles. The zero-order valence-corrected chi connectivity index (χ0v) is 24.8. The van der Waals surface area contributed by atoms with Crippen LogP contribution in [-0.4, -0.2) is 35.0 Å². The summed E-state index contributed by atoms with van der Waals surface area (Å²) in [5.74, 6) is 0. The van der Waals surface area contributed by atoms with Gasteiger partial charge < -0.3 is 0 Å². The average Bonchev–Trinajstić information content (AvgIpc) is 3.67. The molecule has 0 aromatic heterocycles. The molecule has 0 radical (unpaired) electrons. The molecule has 1 spiro atoms. The molecule has 14 rings (SSSR count). The van der Waals surface area contributed by atoms with Crippen LogP contribution in [0.25, 0.3) is 0 Å². The summed E-state index contributed by atoms with van der Waals surface area (Å²) in [6.07, 6.45) is 30.4. The van der Waals surface area contributed by atoms with Gasteiger partial charge in [-0.25, -0.2) is 0 Å². The fourth-order valence-electron chi connectivity index (χ4n) is 25.0. The molecule has 10 saturated heterocycles. The first kappa shape index (κ1) is 18.7. The normalized spacial score (nSPS) is 77.9. The summed E-state index contributed by atoms with van der Waals surface area (Å²) in [6.45, 7) is -3.23. The third-order valence-corrected chi connectivity index (χ3v) is 75.6. The molecule has 35 heavy (non-hydrogen) atoms. The Bertz CT molecular complexity index is 1320. The molecule has 0 nitrogen and oxygen atoms in total. The maximum absolute atomic E-state index is 3.23. The second kappa shape index (κ2) is 2.98. The van der Waals surface area contributed by atoms with Gasteiger partial charge in [0.05, 0.1) is 0 Å². The monoisotopic (exact) mass is 550 g/mol. The standard InChI is InChI=1S/C27H43P2.C5H5.Fe/c1-2-13-24(12-1)28(25-14-3-4-15-25)20-22-10-9-11-23(22)21-29(26-16-5-6-17-26)27-18-7-8-19-27;1-2-4-5-3-1;/h9-11,24-27H,1-8,12-21H2;1-5H;. The Labute approximate surface area is 206 Å². The fourth-order valence-corrected chi connectivity index (χ4v) is 117. The number of rotatable bonds is 8. The Morgan fingerprint density at radius 1 is 0.429 bits per heavy atom. The van der Waals surface area contributed by atoms with Crippen molar-refractivity contribution in [2.24, 2.45) is 0 Å². The van der Waals surface area contributed by atoms with Gasteiger partial charge in [0.25, 0.3) is 0 Å². The maximum atomic E-state index is 1.98. The van der Waals surface area contributed by atoms with Gasteiger partial charge in [-0.3, -0.25) is 0 Å². The van der Waals surface area contributed by atoms with Gasteiger partial charge in [-0.2, -0.15) is 0 Å². The van der Waals surface area contributed by atoms with E-state index in [2.05, 4.69) is 0 Å². The van der Waals surface area contributed by atoms with Gasteiger partial charge in [0.1, 0.15) is 0 Å². The molecule has 4 unspecified atom stereocenters. The van der Waals surface area contributed by atoms with Gasteiger partial charge >= 0.3 is 207 Å². The minimum absolute atomic E-state index is 0.396. The molecule has 0 aromatic rings. The van der Waals surface area contributed by atoms with E-state index in [4.69, 9.17) is 0 Å². The first-order chi connectivity index (χ1) is 17.1. The molecule has 14 fully saturated rings. The van der Waals surface area contributed by atoms with Crippen LogP contribution in [0.4, 0.5) is 0 Å². The molecule has 14 aliphatic rings. The molecular formula is C32H48FeP2. The Morgan fingerprint density at radius 3 is 0.943 bits per heavy atom. The van der Waals surface area contributed by atoms with Crippen LogP contribution in [-0.2, 0) is 6.51 Å². The van der Waals surface area contributed by atoms with Crippen LogP contribution in [0.2, 0.25) is 47.2 Å². The van der Waals surface area contributed by atoms with Gasteiger partial charge in [0.2, 0.25) is 0 Å². The second-order valence-electron chi connectivity index (χ2n) is 19.1. The Hall–Kier alpha value is 1.38. The van der Waals surface area contributed by atoms with Crippen molar-refractivity contribution in [2.45, 2.75) is 173 Å². The molecular weight excluding hydrogens is 502 g/mol. The third-order valence-electron chi connectivity index (χ3n) is 23.5. The van der Waals surface area contributed by atoms with E-state index < -0.39 is 6.51 Å². The van der Waals surface area contributed by atoms with Gasteiger partial charge in [-0.1, -0.05) is 0 Å². The van der Waals surface area contributed by atoms with Crippen molar-refractivity contribution in [3.05, 3.63) is 0 Å². The average molecular weight is 551 g/mol. The summed E-state index contributed by atoms with van der Waals surface area (Å²) in [7, 11) is 0.792. The summed E-state index contributed by atoms with van der Waals surface area (Å²) in [4.78, 5) is 12.5. The third kappa shape index (κ3) is 0.494. The van der Waals surface area contributed by atoms with Crippen molar-refractivity contribution in [3.63, 3.8) is 0 Å². The number of hydrogen-bond acceptors (Lipinski definition) is 0. The van der Waals surface area contributed by atoms with Crippen LogP contribution < -0.4 is 0 Å².